The fraction of sp³-hybridized carbons (Fsp3) is 0.393. The second-order valence-corrected chi connectivity index (χ2v) is 9.39. The third-order valence-electron chi connectivity index (χ3n) is 6.69. The van der Waals surface area contributed by atoms with Gasteiger partial charge in [0.25, 0.3) is 0 Å². The molecule has 2 aromatic rings. The highest BCUT2D eigenvalue weighted by molar-refractivity contribution is 6.07. The van der Waals surface area contributed by atoms with Crippen LogP contribution in [0.5, 0.6) is 0 Å². The molecule has 2 aliphatic heterocycles. The highest BCUT2D eigenvalue weighted by Gasteiger charge is 2.36. The molecule has 2 saturated heterocycles. The SMILES string of the molecule is CCOC(=O)CCN1CCN(CC2COC(=O)N2c2ccc(C(=N)NC(=O)OC(=O)c3ccccc3)cc2)CC1. The van der Waals surface area contributed by atoms with Gasteiger partial charge in [-0.05, 0) is 43.3 Å². The van der Waals surface area contributed by atoms with Crippen molar-refractivity contribution in [3.8, 4) is 0 Å². The lowest BCUT2D eigenvalue weighted by molar-refractivity contribution is -0.143. The minimum absolute atomic E-state index is 0.180. The molecule has 1 unspecified atom stereocenters. The number of anilines is 1. The Balaban J connectivity index is 1.27. The van der Waals surface area contributed by atoms with E-state index in [0.29, 0.717) is 37.4 Å². The Bertz CT molecular complexity index is 1210. The normalized spacial score (nSPS) is 17.7. The van der Waals surface area contributed by atoms with Crippen LogP contribution in [0.25, 0.3) is 0 Å². The summed E-state index contributed by atoms with van der Waals surface area (Å²) >= 11 is 0. The lowest BCUT2D eigenvalue weighted by Gasteiger charge is -2.36. The molecule has 2 fully saturated rings. The number of ether oxygens (including phenoxy) is 3. The second kappa shape index (κ2) is 13.7. The van der Waals surface area contributed by atoms with E-state index in [4.69, 9.17) is 19.6 Å². The van der Waals surface area contributed by atoms with Crippen LogP contribution >= 0.6 is 0 Å². The molecule has 0 saturated carbocycles. The van der Waals surface area contributed by atoms with E-state index in [9.17, 15) is 19.2 Å². The number of hydrogen-bond donors (Lipinski definition) is 2. The zero-order valence-corrected chi connectivity index (χ0v) is 22.3. The molecule has 0 aromatic heterocycles. The van der Waals surface area contributed by atoms with Gasteiger partial charge in [-0.15, -0.1) is 0 Å². The molecule has 0 bridgehead atoms. The van der Waals surface area contributed by atoms with Gasteiger partial charge in [-0.25, -0.2) is 14.4 Å². The number of nitrogens with zero attached hydrogens (tertiary/aromatic N) is 3. The van der Waals surface area contributed by atoms with Crippen LogP contribution in [-0.2, 0) is 19.0 Å². The number of benzene rings is 2. The smallest absolute Gasteiger partial charge is 0.420 e. The Morgan fingerprint density at radius 2 is 1.65 bits per heavy atom. The van der Waals surface area contributed by atoms with Crippen molar-refractivity contribution in [1.82, 2.24) is 15.1 Å². The number of rotatable bonds is 9. The summed E-state index contributed by atoms with van der Waals surface area (Å²) in [6, 6.07) is 14.4. The molecule has 2 N–H and O–H groups in total. The van der Waals surface area contributed by atoms with Gasteiger partial charge >= 0.3 is 24.1 Å². The lowest BCUT2D eigenvalue weighted by atomic mass is 10.1. The van der Waals surface area contributed by atoms with Crippen molar-refractivity contribution < 1.29 is 33.4 Å². The Labute approximate surface area is 232 Å². The molecule has 12 nitrogen and oxygen atoms in total. The van der Waals surface area contributed by atoms with Crippen LogP contribution in [0.4, 0.5) is 15.3 Å². The zero-order valence-electron chi connectivity index (χ0n) is 22.3. The standard InChI is InChI=1S/C28H33N5O7/c1-2-38-24(34)12-13-31-14-16-32(17-15-31)18-23-19-39-28(37)33(23)22-10-8-20(9-11-22)25(29)30-27(36)40-26(35)21-6-4-3-5-7-21/h3-11,23H,2,12-19H2,1H3,(H2,29,30,36). The molecule has 2 heterocycles. The van der Waals surface area contributed by atoms with Crippen molar-refractivity contribution >= 4 is 35.6 Å². The Morgan fingerprint density at radius 1 is 0.975 bits per heavy atom. The van der Waals surface area contributed by atoms with Crippen molar-refractivity contribution in [1.29, 1.82) is 5.41 Å². The van der Waals surface area contributed by atoms with Crippen LogP contribution in [0.1, 0.15) is 29.3 Å². The molecule has 0 aliphatic carbocycles. The van der Waals surface area contributed by atoms with Gasteiger partial charge in [0, 0.05) is 50.5 Å². The quantitative estimate of drug-likeness (QED) is 0.158. The topological polar surface area (TPSA) is 142 Å². The molecule has 12 heteroatoms. The third-order valence-corrected chi connectivity index (χ3v) is 6.69. The Morgan fingerprint density at radius 3 is 2.33 bits per heavy atom. The van der Waals surface area contributed by atoms with E-state index in [-0.39, 0.29) is 30.0 Å². The Hall–Kier alpha value is -4.29. The number of nitrogens with one attached hydrogen (secondary N) is 2. The number of cyclic esters (lactones) is 1. The number of esters is 2. The first-order chi connectivity index (χ1) is 19.3. The summed E-state index contributed by atoms with van der Waals surface area (Å²) in [5.41, 5.74) is 1.20. The monoisotopic (exact) mass is 551 g/mol. The van der Waals surface area contributed by atoms with Gasteiger partial charge in [0.05, 0.1) is 24.6 Å². The van der Waals surface area contributed by atoms with E-state index in [0.717, 1.165) is 26.2 Å². The second-order valence-electron chi connectivity index (χ2n) is 9.39. The van der Waals surface area contributed by atoms with Crippen LogP contribution in [-0.4, -0.2) is 98.3 Å². The predicted octanol–water partition coefficient (Wildman–Crippen LogP) is 2.47. The molecule has 212 valence electrons. The Kier molecular flexibility index (Phi) is 9.81. The van der Waals surface area contributed by atoms with Gasteiger partial charge in [-0.3, -0.25) is 25.3 Å². The third kappa shape index (κ3) is 7.64. The average molecular weight is 552 g/mol. The highest BCUT2D eigenvalue weighted by Crippen LogP contribution is 2.24. The molecular formula is C28H33N5O7. The van der Waals surface area contributed by atoms with Crippen molar-refractivity contribution in [2.24, 2.45) is 0 Å². The summed E-state index contributed by atoms with van der Waals surface area (Å²) in [7, 11) is 0. The van der Waals surface area contributed by atoms with Crippen molar-refractivity contribution in [2.45, 2.75) is 19.4 Å². The van der Waals surface area contributed by atoms with Gasteiger partial charge in [-0.1, -0.05) is 18.2 Å². The molecule has 0 radical (unpaired) electrons. The molecule has 2 aromatic carbocycles. The molecule has 0 spiro atoms. The van der Waals surface area contributed by atoms with E-state index in [1.807, 2.05) is 0 Å². The fourth-order valence-electron chi connectivity index (χ4n) is 4.59. The van der Waals surface area contributed by atoms with E-state index in [2.05, 4.69) is 15.1 Å². The molecule has 1 atom stereocenters. The summed E-state index contributed by atoms with van der Waals surface area (Å²) in [6.45, 7) is 7.03. The van der Waals surface area contributed by atoms with Gasteiger partial charge < -0.3 is 19.1 Å². The largest absolute Gasteiger partial charge is 0.466 e. The number of carbonyl (C=O) groups excluding carboxylic acids is 4. The minimum Gasteiger partial charge on any atom is -0.466 e. The van der Waals surface area contributed by atoms with Crippen molar-refractivity contribution in [3.63, 3.8) is 0 Å². The van der Waals surface area contributed by atoms with E-state index < -0.39 is 18.2 Å². The van der Waals surface area contributed by atoms with E-state index in [1.54, 1.807) is 54.3 Å². The number of alkyl carbamates (subject to hydrolysis) is 1. The summed E-state index contributed by atoms with van der Waals surface area (Å²) in [5, 5.41) is 10.4. The molecule has 2 aliphatic rings. The van der Waals surface area contributed by atoms with Crippen molar-refractivity contribution in [3.05, 3.63) is 65.7 Å². The van der Waals surface area contributed by atoms with Gasteiger partial charge in [0.2, 0.25) is 0 Å². The maximum Gasteiger partial charge on any atom is 0.420 e. The number of hydrogen-bond acceptors (Lipinski definition) is 10. The first kappa shape index (κ1) is 28.7. The number of amides is 2. The van der Waals surface area contributed by atoms with Crippen LogP contribution < -0.4 is 10.2 Å². The van der Waals surface area contributed by atoms with Crippen LogP contribution in [0, 0.1) is 5.41 Å². The lowest BCUT2D eigenvalue weighted by Crippen LogP contribution is -2.51. The maximum atomic E-state index is 12.6. The molecule has 4 rings (SSSR count). The summed E-state index contributed by atoms with van der Waals surface area (Å²) in [5.74, 6) is -1.26. The fourth-order valence-corrected chi connectivity index (χ4v) is 4.59. The summed E-state index contributed by atoms with van der Waals surface area (Å²) < 4.78 is 15.1. The number of carbonyl (C=O) groups is 4. The van der Waals surface area contributed by atoms with Gasteiger partial charge in [0.1, 0.15) is 12.4 Å². The van der Waals surface area contributed by atoms with Crippen LogP contribution in [0.2, 0.25) is 0 Å². The van der Waals surface area contributed by atoms with E-state index in [1.165, 1.54) is 12.1 Å². The molecule has 40 heavy (non-hydrogen) atoms. The average Bonchev–Trinajstić information content (AvgIpc) is 3.32. The summed E-state index contributed by atoms with van der Waals surface area (Å²) in [6.07, 6.45) is -1.13. The van der Waals surface area contributed by atoms with Crippen LogP contribution in [0.15, 0.2) is 54.6 Å². The first-order valence-corrected chi connectivity index (χ1v) is 13.2. The number of amidine groups is 1. The molecular weight excluding hydrogens is 518 g/mol. The highest BCUT2D eigenvalue weighted by atomic mass is 16.6. The van der Waals surface area contributed by atoms with Gasteiger partial charge in [-0.2, -0.15) is 0 Å². The van der Waals surface area contributed by atoms with Crippen molar-refractivity contribution in [2.75, 3.05) is 57.4 Å². The molecule has 2 amide bonds. The summed E-state index contributed by atoms with van der Waals surface area (Å²) in [4.78, 5) is 54.4. The van der Waals surface area contributed by atoms with Gasteiger partial charge in [0.15, 0.2) is 0 Å². The number of piperazine rings is 1. The zero-order chi connectivity index (χ0) is 28.5. The van der Waals surface area contributed by atoms with Crippen LogP contribution in [0.3, 0.4) is 0 Å². The predicted molar refractivity (Wildman–Crippen MR) is 145 cm³/mol. The minimum atomic E-state index is -1.06. The van der Waals surface area contributed by atoms with E-state index >= 15 is 0 Å². The maximum absolute atomic E-state index is 12.6. The first-order valence-electron chi connectivity index (χ1n) is 13.2.